The smallest absolute Gasteiger partial charge is 0.252 e. The first kappa shape index (κ1) is 24.5. The van der Waals surface area contributed by atoms with E-state index in [0.717, 1.165) is 67.5 Å². The number of nitrogens with zero attached hydrogens (tertiary/aromatic N) is 5. The number of aromatic amines is 1. The highest BCUT2D eigenvalue weighted by Crippen LogP contribution is 2.31. The van der Waals surface area contributed by atoms with Crippen LogP contribution in [0, 0.1) is 6.92 Å². The molecule has 8 nitrogen and oxygen atoms in total. The minimum atomic E-state index is -0.196. The van der Waals surface area contributed by atoms with Gasteiger partial charge in [0, 0.05) is 30.8 Å². The zero-order chi connectivity index (χ0) is 24.3. The van der Waals surface area contributed by atoms with Crippen LogP contribution in [0.15, 0.2) is 29.1 Å². The van der Waals surface area contributed by atoms with E-state index in [2.05, 4.69) is 66.1 Å². The molecule has 1 aromatic carbocycles. The number of aromatic nitrogens is 5. The molecule has 1 saturated heterocycles. The summed E-state index contributed by atoms with van der Waals surface area (Å²) in [6.45, 7) is 12.8. The Morgan fingerprint density at radius 3 is 2.82 bits per heavy atom. The minimum Gasteiger partial charge on any atom is -0.377 e. The molecule has 0 amide bonds. The van der Waals surface area contributed by atoms with Gasteiger partial charge in [-0.1, -0.05) is 31.9 Å². The molecule has 1 N–H and O–H groups in total. The van der Waals surface area contributed by atoms with Crippen LogP contribution in [0.4, 0.5) is 0 Å². The van der Waals surface area contributed by atoms with Gasteiger partial charge in [0.2, 0.25) is 0 Å². The Morgan fingerprint density at radius 1 is 1.29 bits per heavy atom. The molecule has 0 aliphatic carbocycles. The summed E-state index contributed by atoms with van der Waals surface area (Å²) >= 11 is 0. The number of ether oxygens (including phenoxy) is 1. The van der Waals surface area contributed by atoms with Crippen molar-refractivity contribution in [2.45, 2.75) is 91.0 Å². The second-order valence-corrected chi connectivity index (χ2v) is 10.2. The topological polar surface area (TPSA) is 88.9 Å². The molecule has 0 unspecified atom stereocenters. The van der Waals surface area contributed by atoms with Gasteiger partial charge in [-0.2, -0.15) is 0 Å². The van der Waals surface area contributed by atoms with E-state index in [-0.39, 0.29) is 23.2 Å². The molecule has 1 aliphatic rings. The summed E-state index contributed by atoms with van der Waals surface area (Å²) in [6, 6.07) is 8.14. The molecule has 0 radical (unpaired) electrons. The highest BCUT2D eigenvalue weighted by atomic mass is 16.5. The highest BCUT2D eigenvalue weighted by molar-refractivity contribution is 5.79. The van der Waals surface area contributed by atoms with E-state index in [1.54, 1.807) is 0 Å². The molecule has 2 atom stereocenters. The summed E-state index contributed by atoms with van der Waals surface area (Å²) in [5, 5.41) is 14.0. The van der Waals surface area contributed by atoms with Crippen LogP contribution in [0.3, 0.4) is 0 Å². The van der Waals surface area contributed by atoms with E-state index >= 15 is 0 Å². The molecular formula is C26H38N6O2. The number of rotatable bonds is 10. The average Bonchev–Trinajstić information content (AvgIpc) is 3.50. The third kappa shape index (κ3) is 5.23. The van der Waals surface area contributed by atoms with Gasteiger partial charge in [-0.15, -0.1) is 5.10 Å². The van der Waals surface area contributed by atoms with E-state index in [9.17, 15) is 4.79 Å². The molecule has 1 aliphatic heterocycles. The summed E-state index contributed by atoms with van der Waals surface area (Å²) in [6.07, 6.45) is 5.07. The third-order valence-electron chi connectivity index (χ3n) is 7.15. The first-order valence-electron chi connectivity index (χ1n) is 12.6. The van der Waals surface area contributed by atoms with Crippen LogP contribution >= 0.6 is 0 Å². The molecule has 0 saturated carbocycles. The Labute approximate surface area is 201 Å². The SMILES string of the molecule is CCC[C@@H](c1nnnn1C(C)(C)CC)N(Cc1cc2cc(C)ccc2[nH]c1=O)C[C@H]1CCCO1. The van der Waals surface area contributed by atoms with Crippen molar-refractivity contribution in [3.8, 4) is 0 Å². The van der Waals surface area contributed by atoms with Crippen LogP contribution in [-0.2, 0) is 16.8 Å². The number of H-pyrrole nitrogens is 1. The normalized spacial score (nSPS) is 17.6. The zero-order valence-corrected chi connectivity index (χ0v) is 21.2. The van der Waals surface area contributed by atoms with Gasteiger partial charge in [-0.25, -0.2) is 4.68 Å². The fourth-order valence-corrected chi connectivity index (χ4v) is 4.79. The van der Waals surface area contributed by atoms with Crippen LogP contribution in [0.25, 0.3) is 10.9 Å². The zero-order valence-electron chi connectivity index (χ0n) is 21.2. The van der Waals surface area contributed by atoms with E-state index in [0.29, 0.717) is 6.54 Å². The number of fused-ring (bicyclic) bond motifs is 1. The lowest BCUT2D eigenvalue weighted by Gasteiger charge is -2.34. The molecule has 0 bridgehead atoms. The van der Waals surface area contributed by atoms with Crippen molar-refractivity contribution < 1.29 is 4.74 Å². The van der Waals surface area contributed by atoms with Crippen molar-refractivity contribution >= 4 is 10.9 Å². The number of pyridine rings is 1. The van der Waals surface area contributed by atoms with Crippen molar-refractivity contribution in [3.05, 3.63) is 51.6 Å². The second-order valence-electron chi connectivity index (χ2n) is 10.2. The van der Waals surface area contributed by atoms with Crippen LogP contribution in [-0.4, -0.2) is 49.3 Å². The van der Waals surface area contributed by atoms with Crippen molar-refractivity contribution in [1.82, 2.24) is 30.1 Å². The summed E-state index contributed by atoms with van der Waals surface area (Å²) in [5.74, 6) is 0.861. The molecular weight excluding hydrogens is 428 g/mol. The Balaban J connectivity index is 1.74. The lowest BCUT2D eigenvalue weighted by Crippen LogP contribution is -2.39. The van der Waals surface area contributed by atoms with Gasteiger partial charge in [-0.05, 0) is 80.5 Å². The summed E-state index contributed by atoms with van der Waals surface area (Å²) in [7, 11) is 0. The van der Waals surface area contributed by atoms with Gasteiger partial charge in [0.1, 0.15) is 0 Å². The Hall–Kier alpha value is -2.58. The van der Waals surface area contributed by atoms with Gasteiger partial charge < -0.3 is 9.72 Å². The lowest BCUT2D eigenvalue weighted by atomic mass is 10.00. The van der Waals surface area contributed by atoms with Gasteiger partial charge in [0.05, 0.1) is 17.7 Å². The molecule has 3 heterocycles. The Morgan fingerprint density at radius 2 is 2.12 bits per heavy atom. The molecule has 8 heteroatoms. The third-order valence-corrected chi connectivity index (χ3v) is 7.15. The van der Waals surface area contributed by atoms with E-state index in [4.69, 9.17) is 4.74 Å². The van der Waals surface area contributed by atoms with Crippen LogP contribution < -0.4 is 5.56 Å². The Kier molecular flexibility index (Phi) is 7.48. The fraction of sp³-hybridized carbons (Fsp3) is 0.615. The fourth-order valence-electron chi connectivity index (χ4n) is 4.79. The molecule has 34 heavy (non-hydrogen) atoms. The summed E-state index contributed by atoms with van der Waals surface area (Å²) in [5.41, 5.74) is 2.55. The average molecular weight is 467 g/mol. The lowest BCUT2D eigenvalue weighted by molar-refractivity contribution is 0.0462. The van der Waals surface area contributed by atoms with Gasteiger partial charge in [0.15, 0.2) is 5.82 Å². The first-order valence-corrected chi connectivity index (χ1v) is 12.6. The molecule has 2 aromatic heterocycles. The van der Waals surface area contributed by atoms with E-state index < -0.39 is 0 Å². The Bertz CT molecular complexity index is 1160. The molecule has 184 valence electrons. The van der Waals surface area contributed by atoms with Gasteiger partial charge in [0.25, 0.3) is 5.56 Å². The molecule has 1 fully saturated rings. The number of hydrogen-bond acceptors (Lipinski definition) is 6. The number of tetrazole rings is 1. The van der Waals surface area contributed by atoms with Crippen LogP contribution in [0.1, 0.15) is 82.8 Å². The second kappa shape index (κ2) is 10.4. The van der Waals surface area contributed by atoms with Gasteiger partial charge in [-0.3, -0.25) is 9.69 Å². The van der Waals surface area contributed by atoms with Crippen molar-refractivity contribution in [2.24, 2.45) is 0 Å². The van der Waals surface area contributed by atoms with E-state index in [1.807, 2.05) is 22.9 Å². The first-order chi connectivity index (χ1) is 16.3. The largest absolute Gasteiger partial charge is 0.377 e. The monoisotopic (exact) mass is 466 g/mol. The maximum atomic E-state index is 13.1. The summed E-state index contributed by atoms with van der Waals surface area (Å²) < 4.78 is 7.99. The number of aryl methyl sites for hydroxylation is 1. The van der Waals surface area contributed by atoms with Crippen LogP contribution in [0.2, 0.25) is 0 Å². The highest BCUT2D eigenvalue weighted by Gasteiger charge is 2.33. The maximum absolute atomic E-state index is 13.1. The van der Waals surface area contributed by atoms with Crippen molar-refractivity contribution in [1.29, 1.82) is 0 Å². The van der Waals surface area contributed by atoms with Crippen LogP contribution in [0.5, 0.6) is 0 Å². The predicted octanol–water partition coefficient (Wildman–Crippen LogP) is 4.49. The quantitative estimate of drug-likeness (QED) is 0.474. The van der Waals surface area contributed by atoms with E-state index in [1.165, 1.54) is 5.56 Å². The molecule has 4 rings (SSSR count). The number of hydrogen-bond donors (Lipinski definition) is 1. The molecule has 0 spiro atoms. The summed E-state index contributed by atoms with van der Waals surface area (Å²) in [4.78, 5) is 18.5. The maximum Gasteiger partial charge on any atom is 0.252 e. The minimum absolute atomic E-state index is 0.0115. The number of nitrogens with one attached hydrogen (secondary N) is 1. The van der Waals surface area contributed by atoms with Crippen molar-refractivity contribution in [2.75, 3.05) is 13.2 Å². The number of benzene rings is 1. The standard InChI is InChI=1S/C26H38N6O2/c1-6-9-23(24-28-29-30-32(24)26(4,5)7-2)31(17-21-10-8-13-34-21)16-20-15-19-14-18(3)11-12-22(19)27-25(20)33/h11-12,14-15,21,23H,6-10,13,16-17H2,1-5H3,(H,27,33)/t21-,23+/m1/s1. The van der Waals surface area contributed by atoms with Gasteiger partial charge >= 0.3 is 0 Å². The molecule has 3 aromatic rings. The predicted molar refractivity (Wildman–Crippen MR) is 134 cm³/mol. The van der Waals surface area contributed by atoms with Crippen molar-refractivity contribution in [3.63, 3.8) is 0 Å².